The van der Waals surface area contributed by atoms with Crippen molar-refractivity contribution >= 4 is 11.6 Å². The molecule has 0 saturated carbocycles. The molecule has 43 heavy (non-hydrogen) atoms. The molecule has 0 unspecified atom stereocenters. The van der Waals surface area contributed by atoms with Crippen molar-refractivity contribution in [2.75, 3.05) is 44.8 Å². The molecule has 1 amide bonds. The number of carbonyl (C=O) groups is 1. The van der Waals surface area contributed by atoms with Crippen LogP contribution in [0.5, 0.6) is 11.6 Å². The number of alkyl halides is 3. The van der Waals surface area contributed by atoms with Crippen LogP contribution in [-0.4, -0.2) is 66.7 Å². The summed E-state index contributed by atoms with van der Waals surface area (Å²) in [6, 6.07) is 12.0. The maximum atomic E-state index is 14.2. The number of fused-ring (bicyclic) bond motifs is 2. The highest BCUT2D eigenvalue weighted by molar-refractivity contribution is 5.82. The SMILES string of the molecule is CCOc1ncccc1-c1ccc2c(n1)CN(C(=O)[C@H]1CCCN1)CC21CCN(c2cccc(OC)c2C(F)(F)F)CC1. The third-order valence-corrected chi connectivity index (χ3v) is 8.95. The molecule has 3 aliphatic rings. The molecular formula is C32H36F3N5O3. The Labute approximate surface area is 249 Å². The fourth-order valence-electron chi connectivity index (χ4n) is 6.89. The number of pyridine rings is 2. The average molecular weight is 596 g/mol. The van der Waals surface area contributed by atoms with Gasteiger partial charge in [0.2, 0.25) is 11.8 Å². The summed E-state index contributed by atoms with van der Waals surface area (Å²) in [6.45, 7) is 4.87. The van der Waals surface area contributed by atoms with Crippen LogP contribution >= 0.6 is 0 Å². The number of hydrogen-bond acceptors (Lipinski definition) is 7. The van der Waals surface area contributed by atoms with Crippen molar-refractivity contribution < 1.29 is 27.4 Å². The number of carbonyl (C=O) groups excluding carboxylic acids is 1. The smallest absolute Gasteiger partial charge is 0.421 e. The van der Waals surface area contributed by atoms with Crippen molar-refractivity contribution in [2.45, 2.75) is 56.8 Å². The Hall–Kier alpha value is -3.86. The minimum atomic E-state index is -4.56. The predicted molar refractivity (Wildman–Crippen MR) is 156 cm³/mol. The molecule has 3 aromatic rings. The van der Waals surface area contributed by atoms with Crippen LogP contribution in [0.1, 0.15) is 49.4 Å². The van der Waals surface area contributed by atoms with Crippen LogP contribution in [0.2, 0.25) is 0 Å². The van der Waals surface area contributed by atoms with Crippen molar-refractivity contribution in [3.63, 3.8) is 0 Å². The molecule has 3 aliphatic heterocycles. The first-order chi connectivity index (χ1) is 20.7. The molecule has 228 valence electrons. The lowest BCUT2D eigenvalue weighted by Crippen LogP contribution is -2.56. The van der Waals surface area contributed by atoms with Crippen LogP contribution < -0.4 is 19.7 Å². The van der Waals surface area contributed by atoms with Gasteiger partial charge in [0.1, 0.15) is 11.3 Å². The molecule has 6 rings (SSSR count). The van der Waals surface area contributed by atoms with E-state index in [0.717, 1.165) is 36.2 Å². The first-order valence-corrected chi connectivity index (χ1v) is 14.8. The average Bonchev–Trinajstić information content (AvgIpc) is 3.56. The number of hydrogen-bond donors (Lipinski definition) is 1. The highest BCUT2D eigenvalue weighted by atomic mass is 19.4. The molecule has 1 N–H and O–H groups in total. The first kappa shape index (κ1) is 29.2. The number of nitrogens with one attached hydrogen (secondary N) is 1. The number of nitrogens with zero attached hydrogens (tertiary/aromatic N) is 4. The second kappa shape index (κ2) is 11.7. The zero-order valence-electron chi connectivity index (χ0n) is 24.4. The van der Waals surface area contributed by atoms with Gasteiger partial charge in [-0.25, -0.2) is 4.98 Å². The fourth-order valence-corrected chi connectivity index (χ4v) is 6.89. The van der Waals surface area contributed by atoms with Gasteiger partial charge in [-0.2, -0.15) is 13.2 Å². The third-order valence-electron chi connectivity index (χ3n) is 8.95. The Morgan fingerprint density at radius 3 is 2.65 bits per heavy atom. The van der Waals surface area contributed by atoms with Gasteiger partial charge >= 0.3 is 6.18 Å². The van der Waals surface area contributed by atoms with E-state index in [9.17, 15) is 18.0 Å². The lowest BCUT2D eigenvalue weighted by molar-refractivity contribution is -0.138. The minimum Gasteiger partial charge on any atom is -0.496 e. The Bertz CT molecular complexity index is 1480. The van der Waals surface area contributed by atoms with Gasteiger partial charge in [0, 0.05) is 31.2 Å². The first-order valence-electron chi connectivity index (χ1n) is 14.8. The van der Waals surface area contributed by atoms with E-state index in [-0.39, 0.29) is 23.4 Å². The van der Waals surface area contributed by atoms with E-state index < -0.39 is 17.2 Å². The Morgan fingerprint density at radius 1 is 1.14 bits per heavy atom. The van der Waals surface area contributed by atoms with Crippen LogP contribution in [0.4, 0.5) is 18.9 Å². The molecule has 8 nitrogen and oxygen atoms in total. The number of halogens is 3. The van der Waals surface area contributed by atoms with E-state index in [0.29, 0.717) is 57.2 Å². The summed E-state index contributed by atoms with van der Waals surface area (Å²) in [5.74, 6) is 0.367. The number of aromatic nitrogens is 2. The van der Waals surface area contributed by atoms with Gasteiger partial charge < -0.3 is 24.6 Å². The van der Waals surface area contributed by atoms with Crippen LogP contribution in [-0.2, 0) is 22.9 Å². The quantitative estimate of drug-likeness (QED) is 0.420. The molecular weight excluding hydrogens is 559 g/mol. The van der Waals surface area contributed by atoms with Crippen molar-refractivity contribution in [1.82, 2.24) is 20.2 Å². The van der Waals surface area contributed by atoms with Crippen molar-refractivity contribution in [1.29, 1.82) is 0 Å². The molecule has 1 atom stereocenters. The molecule has 0 aliphatic carbocycles. The van der Waals surface area contributed by atoms with Crippen molar-refractivity contribution in [3.05, 3.63) is 65.5 Å². The van der Waals surface area contributed by atoms with Gasteiger partial charge in [0.15, 0.2) is 0 Å². The summed E-state index contributed by atoms with van der Waals surface area (Å²) in [5, 5.41) is 3.32. The van der Waals surface area contributed by atoms with E-state index in [1.54, 1.807) is 17.2 Å². The molecule has 0 bridgehead atoms. The minimum absolute atomic E-state index is 0.0562. The zero-order chi connectivity index (χ0) is 30.2. The number of benzene rings is 1. The standard InChI is InChI=1S/C32H36F3N5O3/c1-3-43-29-21(7-5-16-37-29)23-12-11-22-25(38-23)19-40(30(41)24-8-6-15-36-24)20-31(22)13-17-39(18-14-31)26-9-4-10-27(42-2)28(26)32(33,34)35/h4-5,7,9-12,16,24,36H,3,6,8,13-15,17-20H2,1-2H3/t24-/m1/s1. The van der Waals surface area contributed by atoms with Gasteiger partial charge in [-0.05, 0) is 75.0 Å². The summed E-state index contributed by atoms with van der Waals surface area (Å²) in [5.41, 5.74) is 2.29. The highest BCUT2D eigenvalue weighted by Gasteiger charge is 2.46. The predicted octanol–water partition coefficient (Wildman–Crippen LogP) is 5.20. The van der Waals surface area contributed by atoms with Gasteiger partial charge in [0.05, 0.1) is 48.9 Å². The van der Waals surface area contributed by atoms with Crippen LogP contribution in [0.25, 0.3) is 11.3 Å². The maximum Gasteiger partial charge on any atom is 0.421 e. The summed E-state index contributed by atoms with van der Waals surface area (Å²) in [4.78, 5) is 26.8. The molecule has 1 aromatic carbocycles. The monoisotopic (exact) mass is 595 g/mol. The number of rotatable bonds is 6. The number of anilines is 1. The molecule has 2 fully saturated rings. The number of amides is 1. The Balaban J connectivity index is 1.35. The largest absolute Gasteiger partial charge is 0.496 e. The summed E-state index contributed by atoms with van der Waals surface area (Å²) >= 11 is 0. The van der Waals surface area contributed by atoms with E-state index in [2.05, 4.69) is 16.4 Å². The topological polar surface area (TPSA) is 79.8 Å². The zero-order valence-corrected chi connectivity index (χ0v) is 24.4. The highest BCUT2D eigenvalue weighted by Crippen LogP contribution is 2.47. The summed E-state index contributed by atoms with van der Waals surface area (Å²) in [7, 11) is 1.26. The number of ether oxygens (including phenoxy) is 2. The van der Waals surface area contributed by atoms with Crippen LogP contribution in [0.3, 0.4) is 0 Å². The number of piperidine rings is 1. The van der Waals surface area contributed by atoms with Gasteiger partial charge in [-0.15, -0.1) is 0 Å². The van der Waals surface area contributed by atoms with Crippen molar-refractivity contribution in [3.8, 4) is 22.9 Å². The van der Waals surface area contributed by atoms with Gasteiger partial charge in [-0.1, -0.05) is 12.1 Å². The second-order valence-corrected chi connectivity index (χ2v) is 11.4. The fraction of sp³-hybridized carbons (Fsp3) is 0.469. The van der Waals surface area contributed by atoms with E-state index >= 15 is 0 Å². The van der Waals surface area contributed by atoms with Crippen LogP contribution in [0.15, 0.2) is 48.7 Å². The summed E-state index contributed by atoms with van der Waals surface area (Å²) < 4.78 is 53.3. The van der Waals surface area contributed by atoms with E-state index in [4.69, 9.17) is 14.5 Å². The van der Waals surface area contributed by atoms with E-state index in [1.807, 2.05) is 30.0 Å². The molecule has 11 heteroatoms. The molecule has 2 saturated heterocycles. The van der Waals surface area contributed by atoms with Crippen LogP contribution in [0, 0.1) is 0 Å². The molecule has 2 aromatic heterocycles. The van der Waals surface area contributed by atoms with Gasteiger partial charge in [-0.3, -0.25) is 9.78 Å². The number of methoxy groups -OCH3 is 1. The maximum absolute atomic E-state index is 14.2. The lowest BCUT2D eigenvalue weighted by atomic mass is 9.69. The summed E-state index contributed by atoms with van der Waals surface area (Å²) in [6.07, 6.45) is 0.0195. The van der Waals surface area contributed by atoms with Gasteiger partial charge in [0.25, 0.3) is 0 Å². The van der Waals surface area contributed by atoms with Crippen molar-refractivity contribution in [2.24, 2.45) is 0 Å². The Kier molecular flexibility index (Phi) is 7.93. The van der Waals surface area contributed by atoms with E-state index in [1.165, 1.54) is 19.2 Å². The molecule has 5 heterocycles. The second-order valence-electron chi connectivity index (χ2n) is 11.4. The third kappa shape index (κ3) is 5.50. The molecule has 1 spiro atoms. The normalized spacial score (nSPS) is 19.8. The molecule has 0 radical (unpaired) electrons. The lowest BCUT2D eigenvalue weighted by Gasteiger charge is -2.49. The Morgan fingerprint density at radius 2 is 1.95 bits per heavy atom.